The number of nitrogens with one attached hydrogen (secondary N) is 2. The minimum Gasteiger partial charge on any atom is -0.493 e. The van der Waals surface area contributed by atoms with Crippen molar-refractivity contribution in [1.82, 2.24) is 10.6 Å². The molecule has 2 rings (SSSR count). The van der Waals surface area contributed by atoms with Gasteiger partial charge in [-0.1, -0.05) is 29.8 Å². The molecule has 2 aromatic carbocycles. The molecular formula is C18H23ClIN3O2. The van der Waals surface area contributed by atoms with Crippen LogP contribution in [0.3, 0.4) is 0 Å². The Kier molecular flexibility index (Phi) is 9.44. The van der Waals surface area contributed by atoms with Crippen molar-refractivity contribution in [2.45, 2.75) is 13.1 Å². The molecule has 0 unspecified atom stereocenters. The summed E-state index contributed by atoms with van der Waals surface area (Å²) >= 11 is 5.99. The van der Waals surface area contributed by atoms with Crippen molar-refractivity contribution in [3.63, 3.8) is 0 Å². The number of methoxy groups -OCH3 is 2. The molecule has 0 atom stereocenters. The molecule has 0 aromatic heterocycles. The Hall–Kier alpha value is -1.67. The van der Waals surface area contributed by atoms with Crippen LogP contribution in [0.2, 0.25) is 5.02 Å². The van der Waals surface area contributed by atoms with Crippen LogP contribution < -0.4 is 20.1 Å². The standard InChI is InChI=1S/C18H22ClN3O2.HI/c1-20-18(21-11-13-5-4-6-15(19)9-13)22-12-14-7-8-16(23-2)17(10-14)24-3;/h4-10H,11-12H2,1-3H3,(H2,20,21,22);1H. The maximum atomic E-state index is 5.99. The van der Waals surface area contributed by atoms with Crippen LogP contribution in [0.15, 0.2) is 47.5 Å². The van der Waals surface area contributed by atoms with E-state index in [1.165, 1.54) is 0 Å². The lowest BCUT2D eigenvalue weighted by Crippen LogP contribution is -2.36. The predicted octanol–water partition coefficient (Wildman–Crippen LogP) is 3.84. The zero-order valence-electron chi connectivity index (χ0n) is 14.5. The minimum absolute atomic E-state index is 0. The van der Waals surface area contributed by atoms with Crippen LogP contribution >= 0.6 is 35.6 Å². The van der Waals surface area contributed by atoms with Crippen molar-refractivity contribution in [3.8, 4) is 11.5 Å². The number of halogens is 2. The zero-order chi connectivity index (χ0) is 17.4. The molecule has 0 amide bonds. The van der Waals surface area contributed by atoms with Gasteiger partial charge in [-0.15, -0.1) is 24.0 Å². The second-order valence-electron chi connectivity index (χ2n) is 5.10. The summed E-state index contributed by atoms with van der Waals surface area (Å²) in [7, 11) is 4.99. The third-order valence-corrected chi connectivity index (χ3v) is 3.72. The Bertz CT molecular complexity index is 710. The first-order valence-corrected chi connectivity index (χ1v) is 7.94. The number of nitrogens with zero attached hydrogens (tertiary/aromatic N) is 1. The molecule has 136 valence electrons. The number of guanidine groups is 1. The maximum absolute atomic E-state index is 5.99. The Morgan fingerprint density at radius 1 is 0.960 bits per heavy atom. The maximum Gasteiger partial charge on any atom is 0.191 e. The molecule has 5 nitrogen and oxygen atoms in total. The third-order valence-electron chi connectivity index (χ3n) is 3.48. The van der Waals surface area contributed by atoms with Gasteiger partial charge in [0.1, 0.15) is 0 Å². The molecule has 0 aliphatic rings. The average molecular weight is 476 g/mol. The number of benzene rings is 2. The molecule has 0 heterocycles. The Labute approximate surface area is 170 Å². The summed E-state index contributed by atoms with van der Waals surface area (Å²) in [4.78, 5) is 4.22. The second-order valence-corrected chi connectivity index (χ2v) is 5.54. The Morgan fingerprint density at radius 2 is 1.60 bits per heavy atom. The number of rotatable bonds is 6. The molecule has 0 fully saturated rings. The van der Waals surface area contributed by atoms with Gasteiger partial charge >= 0.3 is 0 Å². The SMILES string of the molecule is CN=C(NCc1cccc(Cl)c1)NCc1ccc(OC)c(OC)c1.I. The van der Waals surface area contributed by atoms with Gasteiger partial charge in [-0.05, 0) is 35.4 Å². The molecule has 7 heteroatoms. The lowest BCUT2D eigenvalue weighted by Gasteiger charge is -2.13. The highest BCUT2D eigenvalue weighted by Crippen LogP contribution is 2.27. The predicted molar refractivity (Wildman–Crippen MR) is 113 cm³/mol. The first-order chi connectivity index (χ1) is 11.7. The van der Waals surface area contributed by atoms with E-state index in [0.29, 0.717) is 30.5 Å². The van der Waals surface area contributed by atoms with Crippen molar-refractivity contribution < 1.29 is 9.47 Å². The summed E-state index contributed by atoms with van der Waals surface area (Å²) in [5.74, 6) is 2.13. The van der Waals surface area contributed by atoms with Crippen LogP contribution in [0.5, 0.6) is 11.5 Å². The van der Waals surface area contributed by atoms with E-state index in [2.05, 4.69) is 15.6 Å². The van der Waals surface area contributed by atoms with Gasteiger partial charge in [-0.25, -0.2) is 0 Å². The van der Waals surface area contributed by atoms with E-state index in [0.717, 1.165) is 16.1 Å². The van der Waals surface area contributed by atoms with E-state index in [4.69, 9.17) is 21.1 Å². The minimum atomic E-state index is 0. The lowest BCUT2D eigenvalue weighted by molar-refractivity contribution is 0.354. The third kappa shape index (κ3) is 6.62. The van der Waals surface area contributed by atoms with Gasteiger partial charge in [0, 0.05) is 25.2 Å². The molecular weight excluding hydrogens is 453 g/mol. The monoisotopic (exact) mass is 475 g/mol. The number of hydrogen-bond acceptors (Lipinski definition) is 3. The average Bonchev–Trinajstić information content (AvgIpc) is 2.61. The van der Waals surface area contributed by atoms with Gasteiger partial charge in [0.25, 0.3) is 0 Å². The largest absolute Gasteiger partial charge is 0.493 e. The number of ether oxygens (including phenoxy) is 2. The van der Waals surface area contributed by atoms with E-state index in [9.17, 15) is 0 Å². The van der Waals surface area contributed by atoms with Crippen LogP contribution in [0.1, 0.15) is 11.1 Å². The normalized spacial score (nSPS) is 10.6. The number of aliphatic imine (C=N–C) groups is 1. The number of hydrogen-bond donors (Lipinski definition) is 2. The molecule has 0 bridgehead atoms. The van der Waals surface area contributed by atoms with Gasteiger partial charge in [0.15, 0.2) is 17.5 Å². The van der Waals surface area contributed by atoms with Gasteiger partial charge in [0.05, 0.1) is 14.2 Å². The van der Waals surface area contributed by atoms with E-state index in [1.54, 1.807) is 21.3 Å². The Morgan fingerprint density at radius 3 is 2.16 bits per heavy atom. The molecule has 2 aromatic rings. The molecule has 0 saturated heterocycles. The summed E-state index contributed by atoms with van der Waals surface area (Å²) in [6.07, 6.45) is 0. The van der Waals surface area contributed by atoms with Gasteiger partial charge in [0.2, 0.25) is 0 Å². The summed E-state index contributed by atoms with van der Waals surface area (Å²) in [5, 5.41) is 7.25. The highest BCUT2D eigenvalue weighted by Gasteiger charge is 2.05. The molecule has 0 aliphatic heterocycles. The van der Waals surface area contributed by atoms with Gasteiger partial charge in [-0.3, -0.25) is 4.99 Å². The first-order valence-electron chi connectivity index (χ1n) is 7.56. The van der Waals surface area contributed by atoms with Crippen LogP contribution in [-0.2, 0) is 13.1 Å². The fourth-order valence-corrected chi connectivity index (χ4v) is 2.44. The van der Waals surface area contributed by atoms with Crippen molar-refractivity contribution in [2.75, 3.05) is 21.3 Å². The van der Waals surface area contributed by atoms with Crippen molar-refractivity contribution in [1.29, 1.82) is 0 Å². The summed E-state index contributed by atoms with van der Waals surface area (Å²) in [6, 6.07) is 13.5. The highest BCUT2D eigenvalue weighted by atomic mass is 127. The van der Waals surface area contributed by atoms with Crippen LogP contribution in [-0.4, -0.2) is 27.2 Å². The topological polar surface area (TPSA) is 54.9 Å². The van der Waals surface area contributed by atoms with Crippen LogP contribution in [0.25, 0.3) is 0 Å². The summed E-state index contributed by atoms with van der Waals surface area (Å²) < 4.78 is 10.6. The quantitative estimate of drug-likeness (QED) is 0.379. The Balaban J connectivity index is 0.00000312. The summed E-state index contributed by atoms with van der Waals surface area (Å²) in [6.45, 7) is 1.27. The molecule has 0 spiro atoms. The van der Waals surface area contributed by atoms with Gasteiger partial charge in [-0.2, -0.15) is 0 Å². The molecule has 0 radical (unpaired) electrons. The lowest BCUT2D eigenvalue weighted by atomic mass is 10.2. The van der Waals surface area contributed by atoms with Crippen molar-refractivity contribution in [2.24, 2.45) is 4.99 Å². The molecule has 0 saturated carbocycles. The fraction of sp³-hybridized carbons (Fsp3) is 0.278. The first kappa shape index (κ1) is 21.4. The van der Waals surface area contributed by atoms with Crippen molar-refractivity contribution >= 4 is 41.5 Å². The summed E-state index contributed by atoms with van der Waals surface area (Å²) in [5.41, 5.74) is 2.16. The zero-order valence-corrected chi connectivity index (χ0v) is 17.6. The highest BCUT2D eigenvalue weighted by molar-refractivity contribution is 14.0. The van der Waals surface area contributed by atoms with E-state index in [1.807, 2.05) is 42.5 Å². The van der Waals surface area contributed by atoms with Crippen molar-refractivity contribution in [3.05, 3.63) is 58.6 Å². The smallest absolute Gasteiger partial charge is 0.191 e. The van der Waals surface area contributed by atoms with Crippen LogP contribution in [0.4, 0.5) is 0 Å². The van der Waals surface area contributed by atoms with Crippen LogP contribution in [0, 0.1) is 0 Å². The second kappa shape index (κ2) is 11.0. The van der Waals surface area contributed by atoms with E-state index in [-0.39, 0.29) is 24.0 Å². The van der Waals surface area contributed by atoms with Gasteiger partial charge < -0.3 is 20.1 Å². The fourth-order valence-electron chi connectivity index (χ4n) is 2.23. The molecule has 25 heavy (non-hydrogen) atoms. The molecule has 0 aliphatic carbocycles. The molecule has 2 N–H and O–H groups in total. The van der Waals surface area contributed by atoms with E-state index >= 15 is 0 Å². The van der Waals surface area contributed by atoms with E-state index < -0.39 is 0 Å².